The minimum atomic E-state index is -2.75. The third-order valence-electron chi connectivity index (χ3n) is 1.28. The molecule has 12 heavy (non-hydrogen) atoms. The molecule has 0 spiro atoms. The zero-order chi connectivity index (χ0) is 9.14. The zero-order valence-corrected chi connectivity index (χ0v) is 5.85. The van der Waals surface area contributed by atoms with E-state index in [1.54, 1.807) is 0 Å². The zero-order valence-electron chi connectivity index (χ0n) is 5.85. The van der Waals surface area contributed by atoms with Gasteiger partial charge in [0.15, 0.2) is 0 Å². The van der Waals surface area contributed by atoms with Gasteiger partial charge in [0.25, 0.3) is 12.9 Å². The molecule has 0 atom stereocenters. The summed E-state index contributed by atoms with van der Waals surface area (Å²) in [7, 11) is 0. The van der Waals surface area contributed by atoms with Gasteiger partial charge in [-0.15, -0.1) is 0 Å². The highest BCUT2D eigenvalue weighted by Gasteiger charge is 2.12. The van der Waals surface area contributed by atoms with E-state index in [4.69, 9.17) is 0 Å². The summed E-state index contributed by atoms with van der Waals surface area (Å²) in [6.45, 7) is 0. The monoisotopic (exact) mass is 179 g/mol. The Balaban J connectivity index is 2.96. The molecule has 0 unspecified atom stereocenters. The lowest BCUT2D eigenvalue weighted by molar-refractivity contribution is 0.143. The van der Waals surface area contributed by atoms with Crippen molar-refractivity contribution in [2.75, 3.05) is 0 Å². The van der Waals surface area contributed by atoms with Crippen molar-refractivity contribution < 1.29 is 17.6 Å². The maximum absolute atomic E-state index is 11.9. The summed E-state index contributed by atoms with van der Waals surface area (Å²) in [5.74, 6) is 0. The highest BCUT2D eigenvalue weighted by molar-refractivity contribution is 5.19. The molecule has 0 fully saturated rings. The summed E-state index contributed by atoms with van der Waals surface area (Å²) in [5, 5.41) is 0. The molecule has 0 bridgehead atoms. The van der Waals surface area contributed by atoms with E-state index < -0.39 is 24.0 Å². The van der Waals surface area contributed by atoms with E-state index >= 15 is 0 Å². The Hall–Kier alpha value is -1.13. The molecule has 0 amide bonds. The molecule has 1 aromatic rings. The van der Waals surface area contributed by atoms with Crippen LogP contribution in [0.1, 0.15) is 24.0 Å². The van der Waals surface area contributed by atoms with Crippen molar-refractivity contribution in [1.82, 2.24) is 4.98 Å². The van der Waals surface area contributed by atoms with E-state index in [-0.39, 0.29) is 0 Å². The van der Waals surface area contributed by atoms with Crippen LogP contribution in [-0.4, -0.2) is 4.98 Å². The van der Waals surface area contributed by atoms with Gasteiger partial charge in [0.05, 0.1) is 0 Å². The first-order valence-electron chi connectivity index (χ1n) is 3.12. The van der Waals surface area contributed by atoms with Crippen molar-refractivity contribution in [3.05, 3.63) is 29.6 Å². The average molecular weight is 179 g/mol. The second-order valence-electron chi connectivity index (χ2n) is 2.15. The molecule has 0 saturated heterocycles. The van der Waals surface area contributed by atoms with Crippen LogP contribution in [0.15, 0.2) is 18.5 Å². The third-order valence-corrected chi connectivity index (χ3v) is 1.28. The minimum Gasteiger partial charge on any atom is -0.264 e. The van der Waals surface area contributed by atoms with Gasteiger partial charge in [0.2, 0.25) is 0 Å². The highest BCUT2D eigenvalue weighted by Crippen LogP contribution is 2.23. The standard InChI is InChI=1S/C7H5F4N/c8-6(9)4-1-5(7(10)11)3-12-2-4/h1-3,6-7H. The van der Waals surface area contributed by atoms with E-state index in [1.807, 2.05) is 0 Å². The minimum absolute atomic E-state index is 0.479. The number of pyridine rings is 1. The van der Waals surface area contributed by atoms with Crippen molar-refractivity contribution in [2.24, 2.45) is 0 Å². The topological polar surface area (TPSA) is 12.9 Å². The Labute approximate surface area is 66.0 Å². The van der Waals surface area contributed by atoms with Crippen LogP contribution in [0.25, 0.3) is 0 Å². The Kier molecular flexibility index (Phi) is 2.62. The summed E-state index contributed by atoms with van der Waals surface area (Å²) in [4.78, 5) is 3.27. The van der Waals surface area contributed by atoms with Crippen molar-refractivity contribution >= 4 is 0 Å². The molecule has 0 aliphatic rings. The van der Waals surface area contributed by atoms with Gasteiger partial charge >= 0.3 is 0 Å². The number of hydrogen-bond donors (Lipinski definition) is 0. The smallest absolute Gasteiger partial charge is 0.264 e. The summed E-state index contributed by atoms with van der Waals surface area (Å²) in [6, 6.07) is 0.752. The number of hydrogen-bond acceptors (Lipinski definition) is 1. The predicted molar refractivity (Wildman–Crippen MR) is 34.2 cm³/mol. The molecule has 1 rings (SSSR count). The van der Waals surface area contributed by atoms with E-state index in [9.17, 15) is 17.6 Å². The summed E-state index contributed by atoms with van der Waals surface area (Å²) < 4.78 is 47.7. The van der Waals surface area contributed by atoms with E-state index in [0.29, 0.717) is 0 Å². The molecule has 0 aliphatic carbocycles. The first-order chi connectivity index (χ1) is 5.61. The Morgan fingerprint density at radius 2 is 1.33 bits per heavy atom. The maximum atomic E-state index is 11.9. The van der Waals surface area contributed by atoms with Crippen LogP contribution >= 0.6 is 0 Å². The predicted octanol–water partition coefficient (Wildman–Crippen LogP) is 2.96. The first kappa shape index (κ1) is 8.96. The Morgan fingerprint density at radius 1 is 0.917 bits per heavy atom. The van der Waals surface area contributed by atoms with Gasteiger partial charge < -0.3 is 0 Å². The van der Waals surface area contributed by atoms with Crippen molar-refractivity contribution in [3.8, 4) is 0 Å². The van der Waals surface area contributed by atoms with E-state index in [1.165, 1.54) is 0 Å². The molecule has 5 heteroatoms. The number of aromatic nitrogens is 1. The number of nitrogens with zero attached hydrogens (tertiary/aromatic N) is 1. The van der Waals surface area contributed by atoms with Crippen LogP contribution < -0.4 is 0 Å². The Morgan fingerprint density at radius 3 is 1.67 bits per heavy atom. The lowest BCUT2D eigenvalue weighted by Gasteiger charge is -2.01. The van der Waals surface area contributed by atoms with Gasteiger partial charge in [0, 0.05) is 23.5 Å². The van der Waals surface area contributed by atoms with Crippen LogP contribution in [0.5, 0.6) is 0 Å². The van der Waals surface area contributed by atoms with Gasteiger partial charge in [-0.25, -0.2) is 17.6 Å². The van der Waals surface area contributed by atoms with Crippen LogP contribution in [-0.2, 0) is 0 Å². The summed E-state index contributed by atoms with van der Waals surface area (Å²) >= 11 is 0. The fourth-order valence-electron chi connectivity index (χ4n) is 0.715. The van der Waals surface area contributed by atoms with Crippen LogP contribution in [0.3, 0.4) is 0 Å². The summed E-state index contributed by atoms with van der Waals surface area (Å²) in [5.41, 5.74) is -0.958. The van der Waals surface area contributed by atoms with Crippen LogP contribution in [0, 0.1) is 0 Å². The molecule has 66 valence electrons. The van der Waals surface area contributed by atoms with Gasteiger partial charge in [0.1, 0.15) is 0 Å². The fraction of sp³-hybridized carbons (Fsp3) is 0.286. The lowest BCUT2D eigenvalue weighted by Crippen LogP contribution is -1.91. The van der Waals surface area contributed by atoms with Crippen molar-refractivity contribution in [2.45, 2.75) is 12.9 Å². The molecule has 1 heterocycles. The molecule has 0 saturated carbocycles. The highest BCUT2D eigenvalue weighted by atomic mass is 19.3. The third kappa shape index (κ3) is 1.93. The molecule has 0 aromatic carbocycles. The lowest BCUT2D eigenvalue weighted by atomic mass is 10.2. The van der Waals surface area contributed by atoms with Gasteiger partial charge in [-0.2, -0.15) is 0 Å². The molecule has 0 N–H and O–H groups in total. The van der Waals surface area contributed by atoms with Gasteiger partial charge in [-0.3, -0.25) is 4.98 Å². The fourth-order valence-corrected chi connectivity index (χ4v) is 0.715. The van der Waals surface area contributed by atoms with E-state index in [2.05, 4.69) is 4.98 Å². The molecule has 0 aliphatic heterocycles. The van der Waals surface area contributed by atoms with Crippen molar-refractivity contribution in [1.29, 1.82) is 0 Å². The first-order valence-corrected chi connectivity index (χ1v) is 3.12. The second kappa shape index (κ2) is 3.51. The number of rotatable bonds is 2. The normalized spacial score (nSPS) is 11.2. The SMILES string of the molecule is FC(F)c1cncc(C(F)F)c1. The molecule has 1 aromatic heterocycles. The maximum Gasteiger partial charge on any atom is 0.265 e. The largest absolute Gasteiger partial charge is 0.265 e. The number of halogens is 4. The molecule has 1 nitrogen and oxygen atoms in total. The van der Waals surface area contributed by atoms with Gasteiger partial charge in [-0.1, -0.05) is 0 Å². The van der Waals surface area contributed by atoms with Crippen LogP contribution in [0.4, 0.5) is 17.6 Å². The number of alkyl halides is 4. The quantitative estimate of drug-likeness (QED) is 0.636. The molecular formula is C7H5F4N. The van der Waals surface area contributed by atoms with Gasteiger partial charge in [-0.05, 0) is 6.07 Å². The Bertz CT molecular complexity index is 238. The van der Waals surface area contributed by atoms with Crippen molar-refractivity contribution in [3.63, 3.8) is 0 Å². The molecular weight excluding hydrogens is 174 g/mol. The van der Waals surface area contributed by atoms with E-state index in [0.717, 1.165) is 18.5 Å². The summed E-state index contributed by atoms with van der Waals surface area (Å²) in [6.07, 6.45) is -3.76. The van der Waals surface area contributed by atoms with Crippen LogP contribution in [0.2, 0.25) is 0 Å². The average Bonchev–Trinajstić information content (AvgIpc) is 2.04. The second-order valence-corrected chi connectivity index (χ2v) is 2.15. The molecule has 0 radical (unpaired) electrons.